The number of pyridine rings is 1. The Hall–Kier alpha value is -3.30. The largest absolute Gasteiger partial charge is 0.416 e. The van der Waals surface area contributed by atoms with Gasteiger partial charge in [0.1, 0.15) is 11.6 Å². The van der Waals surface area contributed by atoms with Gasteiger partial charge in [-0.3, -0.25) is 0 Å². The zero-order valence-electron chi connectivity index (χ0n) is 17.5. The monoisotopic (exact) mass is 431 g/mol. The fraction of sp³-hybridized carbons (Fsp3) is 0.381. The molecule has 0 bridgehead atoms. The number of alkyl halides is 3. The fourth-order valence-electron chi connectivity index (χ4n) is 3.40. The summed E-state index contributed by atoms with van der Waals surface area (Å²) in [6.45, 7) is 3.52. The lowest BCUT2D eigenvalue weighted by molar-refractivity contribution is -0.137. The van der Waals surface area contributed by atoms with Crippen molar-refractivity contribution >= 4 is 34.2 Å². The van der Waals surface area contributed by atoms with Crippen LogP contribution in [0, 0.1) is 0 Å². The Morgan fingerprint density at radius 2 is 1.87 bits per heavy atom. The summed E-state index contributed by atoms with van der Waals surface area (Å²) < 4.78 is 39.7. The quantitative estimate of drug-likeness (QED) is 0.589. The molecule has 1 aromatic carbocycles. The second-order valence-electron chi connectivity index (χ2n) is 7.92. The van der Waals surface area contributed by atoms with E-state index in [9.17, 15) is 13.2 Å². The molecule has 3 heterocycles. The van der Waals surface area contributed by atoms with Crippen LogP contribution >= 0.6 is 0 Å². The van der Waals surface area contributed by atoms with Gasteiger partial charge in [0, 0.05) is 38.3 Å². The minimum atomic E-state index is -4.47. The molecule has 1 atom stereocenters. The van der Waals surface area contributed by atoms with Crippen LogP contribution in [0.4, 0.5) is 36.4 Å². The highest BCUT2D eigenvalue weighted by molar-refractivity contribution is 5.91. The summed E-state index contributed by atoms with van der Waals surface area (Å²) in [5.41, 5.74) is 6.12. The second kappa shape index (κ2) is 7.75. The SMILES string of the molecule is CC(Nc1nc(N2CCC2)nc2cnc(N(C)C)cc12)c1cc(N)cc(C(F)(F)F)c1. The van der Waals surface area contributed by atoms with Crippen LogP contribution in [-0.4, -0.2) is 42.1 Å². The predicted octanol–water partition coefficient (Wildman–Crippen LogP) is 4.08. The molecule has 1 fully saturated rings. The molecule has 2 aromatic heterocycles. The molecular formula is C21H24F3N7. The number of halogens is 3. The van der Waals surface area contributed by atoms with Gasteiger partial charge in [-0.15, -0.1) is 0 Å². The van der Waals surface area contributed by atoms with Crippen molar-refractivity contribution in [3.05, 3.63) is 41.6 Å². The van der Waals surface area contributed by atoms with Crippen LogP contribution in [0.2, 0.25) is 0 Å². The van der Waals surface area contributed by atoms with E-state index < -0.39 is 17.8 Å². The van der Waals surface area contributed by atoms with Gasteiger partial charge in [0.25, 0.3) is 0 Å². The third kappa shape index (κ3) is 4.28. The standard InChI is InChI=1S/C21H24F3N7/c1-12(13-7-14(21(22,23)24)9-15(25)8-13)27-19-16-10-18(30(2)3)26-11-17(16)28-20(29-19)31-5-4-6-31/h7-12H,4-6,25H2,1-3H3,(H,27,28,29). The van der Waals surface area contributed by atoms with E-state index >= 15 is 0 Å². The number of nitrogens with one attached hydrogen (secondary N) is 1. The molecule has 0 spiro atoms. The van der Waals surface area contributed by atoms with Crippen LogP contribution in [0.15, 0.2) is 30.5 Å². The smallest absolute Gasteiger partial charge is 0.399 e. The Morgan fingerprint density at radius 3 is 2.48 bits per heavy atom. The van der Waals surface area contributed by atoms with Crippen molar-refractivity contribution in [3.8, 4) is 0 Å². The minimum absolute atomic E-state index is 0.0615. The molecule has 3 N–H and O–H groups in total. The number of benzene rings is 1. The van der Waals surface area contributed by atoms with Crippen LogP contribution in [0.3, 0.4) is 0 Å². The van der Waals surface area contributed by atoms with E-state index in [0.717, 1.165) is 42.8 Å². The van der Waals surface area contributed by atoms with Crippen molar-refractivity contribution in [2.45, 2.75) is 25.6 Å². The van der Waals surface area contributed by atoms with Crippen LogP contribution in [0.25, 0.3) is 10.9 Å². The Labute approximate surface area is 178 Å². The summed E-state index contributed by atoms with van der Waals surface area (Å²) in [4.78, 5) is 17.7. The normalized spacial score (nSPS) is 15.0. The zero-order chi connectivity index (χ0) is 22.3. The molecule has 0 saturated carbocycles. The first-order valence-corrected chi connectivity index (χ1v) is 9.96. The number of nitrogens with zero attached hydrogens (tertiary/aromatic N) is 5. The molecule has 4 rings (SSSR count). The van der Waals surface area contributed by atoms with Crippen molar-refractivity contribution in [1.82, 2.24) is 15.0 Å². The maximum Gasteiger partial charge on any atom is 0.416 e. The first kappa shape index (κ1) is 21.0. The third-order valence-corrected chi connectivity index (χ3v) is 5.31. The molecule has 1 unspecified atom stereocenters. The first-order chi connectivity index (χ1) is 14.6. The molecule has 0 amide bonds. The highest BCUT2D eigenvalue weighted by Crippen LogP contribution is 2.34. The van der Waals surface area contributed by atoms with Crippen LogP contribution in [-0.2, 0) is 6.18 Å². The lowest BCUT2D eigenvalue weighted by atomic mass is 10.0. The molecular weight excluding hydrogens is 407 g/mol. The van der Waals surface area contributed by atoms with Crippen LogP contribution < -0.4 is 20.9 Å². The zero-order valence-corrected chi connectivity index (χ0v) is 17.5. The molecule has 10 heteroatoms. The number of rotatable bonds is 5. The molecule has 1 saturated heterocycles. The topological polar surface area (TPSA) is 83.2 Å². The van der Waals surface area contributed by atoms with Gasteiger partial charge in [-0.05, 0) is 43.2 Å². The molecule has 1 aliphatic heterocycles. The highest BCUT2D eigenvalue weighted by Gasteiger charge is 2.31. The maximum atomic E-state index is 13.2. The van der Waals surface area contributed by atoms with Crippen molar-refractivity contribution in [1.29, 1.82) is 0 Å². The number of aromatic nitrogens is 3. The number of nitrogens with two attached hydrogens (primary N) is 1. The molecule has 164 valence electrons. The number of nitrogen functional groups attached to an aromatic ring is 1. The molecule has 0 radical (unpaired) electrons. The molecule has 7 nitrogen and oxygen atoms in total. The molecule has 31 heavy (non-hydrogen) atoms. The van der Waals surface area contributed by atoms with E-state index in [2.05, 4.69) is 25.2 Å². The van der Waals surface area contributed by atoms with Gasteiger partial charge in [0.15, 0.2) is 0 Å². The van der Waals surface area contributed by atoms with Crippen LogP contribution in [0.5, 0.6) is 0 Å². The lowest BCUT2D eigenvalue weighted by Gasteiger charge is -2.31. The predicted molar refractivity (Wildman–Crippen MR) is 116 cm³/mol. The highest BCUT2D eigenvalue weighted by atomic mass is 19.4. The summed E-state index contributed by atoms with van der Waals surface area (Å²) in [7, 11) is 3.76. The van der Waals surface area contributed by atoms with E-state index in [1.54, 1.807) is 19.2 Å². The fourth-order valence-corrected chi connectivity index (χ4v) is 3.40. The summed E-state index contributed by atoms with van der Waals surface area (Å²) in [6, 6.07) is 4.99. The van der Waals surface area contributed by atoms with Gasteiger partial charge < -0.3 is 20.9 Å². The van der Waals surface area contributed by atoms with Crippen molar-refractivity contribution in [2.75, 3.05) is 48.0 Å². The van der Waals surface area contributed by atoms with E-state index in [1.807, 2.05) is 25.1 Å². The summed E-state index contributed by atoms with van der Waals surface area (Å²) in [5.74, 6) is 1.85. The van der Waals surface area contributed by atoms with Crippen LogP contribution in [0.1, 0.15) is 30.5 Å². The average molecular weight is 431 g/mol. The number of fused-ring (bicyclic) bond motifs is 1. The van der Waals surface area contributed by atoms with Gasteiger partial charge in [-0.1, -0.05) is 0 Å². The van der Waals surface area contributed by atoms with Crippen molar-refractivity contribution in [3.63, 3.8) is 0 Å². The lowest BCUT2D eigenvalue weighted by Crippen LogP contribution is -2.38. The van der Waals surface area contributed by atoms with Crippen molar-refractivity contribution < 1.29 is 13.2 Å². The Bertz CT molecular complexity index is 1110. The van der Waals surface area contributed by atoms with Gasteiger partial charge in [0.2, 0.25) is 5.95 Å². The summed E-state index contributed by atoms with van der Waals surface area (Å²) in [6.07, 6.45) is -1.71. The summed E-state index contributed by atoms with van der Waals surface area (Å²) >= 11 is 0. The van der Waals surface area contributed by atoms with Crippen molar-refractivity contribution in [2.24, 2.45) is 0 Å². The average Bonchev–Trinajstić information content (AvgIpc) is 2.65. The molecule has 1 aliphatic rings. The van der Waals surface area contributed by atoms with E-state index in [0.29, 0.717) is 22.8 Å². The summed E-state index contributed by atoms with van der Waals surface area (Å²) in [5, 5.41) is 4.01. The second-order valence-corrected chi connectivity index (χ2v) is 7.92. The van der Waals surface area contributed by atoms with E-state index in [1.165, 1.54) is 0 Å². The van der Waals surface area contributed by atoms with Gasteiger partial charge in [-0.25, -0.2) is 9.97 Å². The minimum Gasteiger partial charge on any atom is -0.399 e. The molecule has 3 aromatic rings. The Kier molecular flexibility index (Phi) is 5.24. The Morgan fingerprint density at radius 1 is 1.13 bits per heavy atom. The van der Waals surface area contributed by atoms with Gasteiger partial charge in [-0.2, -0.15) is 18.2 Å². The van der Waals surface area contributed by atoms with E-state index in [-0.39, 0.29) is 5.69 Å². The van der Waals surface area contributed by atoms with Gasteiger partial charge in [0.05, 0.1) is 23.3 Å². The third-order valence-electron chi connectivity index (χ3n) is 5.31. The van der Waals surface area contributed by atoms with E-state index in [4.69, 9.17) is 5.73 Å². The van der Waals surface area contributed by atoms with Gasteiger partial charge >= 0.3 is 6.18 Å². The maximum absolute atomic E-state index is 13.2. The number of hydrogen-bond acceptors (Lipinski definition) is 7. The Balaban J connectivity index is 1.75. The number of anilines is 4. The first-order valence-electron chi connectivity index (χ1n) is 9.96. The number of hydrogen-bond donors (Lipinski definition) is 2. The molecule has 0 aliphatic carbocycles.